The van der Waals surface area contributed by atoms with Gasteiger partial charge in [0.25, 0.3) is 11.6 Å². The molecule has 1 atom stereocenters. The van der Waals surface area contributed by atoms with E-state index in [9.17, 15) is 19.7 Å². The second-order valence-electron chi connectivity index (χ2n) is 3.63. The van der Waals surface area contributed by atoms with Crippen LogP contribution >= 0.6 is 0 Å². The number of hydrogen-bond donors (Lipinski definition) is 2. The van der Waals surface area contributed by atoms with Crippen molar-refractivity contribution in [2.45, 2.75) is 6.04 Å². The van der Waals surface area contributed by atoms with Crippen molar-refractivity contribution >= 4 is 17.6 Å². The maximum absolute atomic E-state index is 11.8. The van der Waals surface area contributed by atoms with E-state index in [-0.39, 0.29) is 17.9 Å². The molecular formula is C11H12N2O6. The van der Waals surface area contributed by atoms with Gasteiger partial charge < -0.3 is 15.2 Å². The van der Waals surface area contributed by atoms with Gasteiger partial charge >= 0.3 is 5.97 Å². The highest BCUT2D eigenvalue weighted by Gasteiger charge is 2.21. The minimum atomic E-state index is -1.25. The SMILES string of the molecule is COCC(NC(=O)c1cccc([N+](=O)[O-])c1)C(=O)O. The zero-order chi connectivity index (χ0) is 14.4. The first-order valence-corrected chi connectivity index (χ1v) is 5.22. The Balaban J connectivity index is 2.85. The first-order chi connectivity index (χ1) is 8.95. The molecule has 0 saturated heterocycles. The average molecular weight is 268 g/mol. The van der Waals surface area contributed by atoms with E-state index in [2.05, 4.69) is 10.1 Å². The average Bonchev–Trinajstić information content (AvgIpc) is 2.38. The van der Waals surface area contributed by atoms with Crippen LogP contribution in [-0.4, -0.2) is 41.7 Å². The maximum atomic E-state index is 11.8. The van der Waals surface area contributed by atoms with Gasteiger partial charge in [0.2, 0.25) is 0 Å². The lowest BCUT2D eigenvalue weighted by atomic mass is 10.1. The molecule has 1 aromatic rings. The van der Waals surface area contributed by atoms with E-state index in [1.165, 1.54) is 25.3 Å². The predicted octanol–water partition coefficient (Wildman–Crippen LogP) is 0.424. The Morgan fingerprint density at radius 1 is 1.53 bits per heavy atom. The Morgan fingerprint density at radius 3 is 2.74 bits per heavy atom. The van der Waals surface area contributed by atoms with E-state index < -0.39 is 22.8 Å². The lowest BCUT2D eigenvalue weighted by Gasteiger charge is -2.13. The molecule has 0 aliphatic rings. The summed E-state index contributed by atoms with van der Waals surface area (Å²) in [5, 5.41) is 21.6. The molecule has 0 aromatic heterocycles. The quantitative estimate of drug-likeness (QED) is 0.570. The molecule has 8 nitrogen and oxygen atoms in total. The summed E-state index contributed by atoms with van der Waals surface area (Å²) in [5.74, 6) is -1.96. The highest BCUT2D eigenvalue weighted by Crippen LogP contribution is 2.13. The molecule has 8 heteroatoms. The van der Waals surface area contributed by atoms with Gasteiger partial charge in [-0.15, -0.1) is 0 Å². The number of carboxylic acids is 1. The molecule has 0 aliphatic heterocycles. The number of non-ortho nitro benzene ring substituents is 1. The second kappa shape index (κ2) is 6.45. The van der Waals surface area contributed by atoms with E-state index in [0.29, 0.717) is 0 Å². The van der Waals surface area contributed by atoms with Crippen LogP contribution in [0.15, 0.2) is 24.3 Å². The number of carboxylic acid groups (broad SMARTS) is 1. The Bertz CT molecular complexity index is 502. The molecule has 1 unspecified atom stereocenters. The maximum Gasteiger partial charge on any atom is 0.328 e. The van der Waals surface area contributed by atoms with Gasteiger partial charge in [0, 0.05) is 24.8 Å². The number of nitrogens with one attached hydrogen (secondary N) is 1. The van der Waals surface area contributed by atoms with E-state index in [0.717, 1.165) is 6.07 Å². The van der Waals surface area contributed by atoms with Gasteiger partial charge in [-0.25, -0.2) is 4.79 Å². The van der Waals surface area contributed by atoms with Crippen molar-refractivity contribution in [3.63, 3.8) is 0 Å². The minimum Gasteiger partial charge on any atom is -0.480 e. The fraction of sp³-hybridized carbons (Fsp3) is 0.273. The number of nitro groups is 1. The number of carbonyl (C=O) groups is 2. The summed E-state index contributed by atoms with van der Waals surface area (Å²) in [7, 11) is 1.30. The van der Waals surface area contributed by atoms with Gasteiger partial charge in [0.15, 0.2) is 6.04 Å². The largest absolute Gasteiger partial charge is 0.480 e. The molecule has 1 amide bonds. The Hall–Kier alpha value is -2.48. The van der Waals surface area contributed by atoms with Crippen LogP contribution in [0.25, 0.3) is 0 Å². The lowest BCUT2D eigenvalue weighted by molar-refractivity contribution is -0.384. The van der Waals surface area contributed by atoms with Crippen molar-refractivity contribution in [3.8, 4) is 0 Å². The van der Waals surface area contributed by atoms with Crippen LogP contribution in [0.3, 0.4) is 0 Å². The van der Waals surface area contributed by atoms with Crippen molar-refractivity contribution in [2.75, 3.05) is 13.7 Å². The molecule has 0 bridgehead atoms. The number of aliphatic carboxylic acids is 1. The number of rotatable bonds is 6. The van der Waals surface area contributed by atoms with Crippen LogP contribution < -0.4 is 5.32 Å². The third-order valence-electron chi connectivity index (χ3n) is 2.26. The van der Waals surface area contributed by atoms with Crippen LogP contribution in [0.2, 0.25) is 0 Å². The Kier molecular flexibility index (Phi) is 4.95. The molecule has 102 valence electrons. The van der Waals surface area contributed by atoms with Gasteiger partial charge in [-0.2, -0.15) is 0 Å². The van der Waals surface area contributed by atoms with E-state index in [1.54, 1.807) is 0 Å². The van der Waals surface area contributed by atoms with Crippen molar-refractivity contribution in [3.05, 3.63) is 39.9 Å². The number of nitro benzene ring substituents is 1. The fourth-order valence-electron chi connectivity index (χ4n) is 1.34. The summed E-state index contributed by atoms with van der Waals surface area (Å²) in [6.07, 6.45) is 0. The fourth-order valence-corrected chi connectivity index (χ4v) is 1.34. The zero-order valence-corrected chi connectivity index (χ0v) is 10.0. The Morgan fingerprint density at radius 2 is 2.21 bits per heavy atom. The third-order valence-corrected chi connectivity index (χ3v) is 2.26. The summed E-state index contributed by atoms with van der Waals surface area (Å²) < 4.78 is 4.66. The topological polar surface area (TPSA) is 119 Å². The van der Waals surface area contributed by atoms with Crippen molar-refractivity contribution in [1.82, 2.24) is 5.32 Å². The highest BCUT2D eigenvalue weighted by atomic mass is 16.6. The summed E-state index contributed by atoms with van der Waals surface area (Å²) in [4.78, 5) is 32.5. The second-order valence-corrected chi connectivity index (χ2v) is 3.63. The molecule has 0 spiro atoms. The third kappa shape index (κ3) is 4.03. The van der Waals surface area contributed by atoms with Crippen LogP contribution in [0.1, 0.15) is 10.4 Å². The van der Waals surface area contributed by atoms with E-state index in [4.69, 9.17) is 5.11 Å². The van der Waals surface area contributed by atoms with E-state index >= 15 is 0 Å². The number of benzene rings is 1. The molecule has 2 N–H and O–H groups in total. The Labute approximate surface area is 108 Å². The van der Waals surface area contributed by atoms with Crippen molar-refractivity contribution in [1.29, 1.82) is 0 Å². The normalized spacial score (nSPS) is 11.6. The highest BCUT2D eigenvalue weighted by molar-refractivity contribution is 5.97. The number of ether oxygens (including phenoxy) is 1. The zero-order valence-electron chi connectivity index (χ0n) is 10.0. The van der Waals surface area contributed by atoms with Crippen LogP contribution in [-0.2, 0) is 9.53 Å². The number of hydrogen-bond acceptors (Lipinski definition) is 5. The van der Waals surface area contributed by atoms with Crippen LogP contribution in [0.5, 0.6) is 0 Å². The summed E-state index contributed by atoms with van der Waals surface area (Å²) in [5.41, 5.74) is -0.234. The van der Waals surface area contributed by atoms with Crippen molar-refractivity contribution in [2.24, 2.45) is 0 Å². The summed E-state index contributed by atoms with van der Waals surface area (Å²) in [6, 6.07) is 3.80. The molecule has 0 heterocycles. The molecule has 1 rings (SSSR count). The van der Waals surface area contributed by atoms with Crippen LogP contribution in [0.4, 0.5) is 5.69 Å². The first kappa shape index (κ1) is 14.6. The monoisotopic (exact) mass is 268 g/mol. The smallest absolute Gasteiger partial charge is 0.328 e. The molecule has 1 aromatic carbocycles. The number of methoxy groups -OCH3 is 1. The van der Waals surface area contributed by atoms with Gasteiger partial charge in [-0.05, 0) is 6.07 Å². The molecular weight excluding hydrogens is 256 g/mol. The van der Waals surface area contributed by atoms with Gasteiger partial charge in [0.05, 0.1) is 11.5 Å². The van der Waals surface area contributed by atoms with Gasteiger partial charge in [0.1, 0.15) is 0 Å². The molecule has 0 saturated carbocycles. The van der Waals surface area contributed by atoms with Crippen LogP contribution in [0, 0.1) is 10.1 Å². The molecule has 19 heavy (non-hydrogen) atoms. The summed E-state index contributed by atoms with van der Waals surface area (Å²) in [6.45, 7) is -0.198. The molecule has 0 aliphatic carbocycles. The molecule has 0 fully saturated rings. The first-order valence-electron chi connectivity index (χ1n) is 5.22. The van der Waals surface area contributed by atoms with Gasteiger partial charge in [-0.3, -0.25) is 14.9 Å². The van der Waals surface area contributed by atoms with E-state index in [1.807, 2.05) is 0 Å². The minimum absolute atomic E-state index is 0.0107. The molecule has 0 radical (unpaired) electrons. The standard InChI is InChI=1S/C11H12N2O6/c1-19-6-9(11(15)16)12-10(14)7-3-2-4-8(5-7)13(17)18/h2-5,9H,6H2,1H3,(H,12,14)(H,15,16). The van der Waals surface area contributed by atoms with Crippen molar-refractivity contribution < 1.29 is 24.4 Å². The number of nitrogens with zero attached hydrogens (tertiary/aromatic N) is 1. The van der Waals surface area contributed by atoms with Gasteiger partial charge in [-0.1, -0.05) is 6.07 Å². The number of carbonyl (C=O) groups excluding carboxylic acids is 1. The summed E-state index contributed by atoms with van der Waals surface area (Å²) >= 11 is 0. The lowest BCUT2D eigenvalue weighted by Crippen LogP contribution is -2.43. The number of amides is 1. The predicted molar refractivity (Wildman–Crippen MR) is 63.9 cm³/mol.